The third-order valence-electron chi connectivity index (χ3n) is 3.73. The van der Waals surface area contributed by atoms with Crippen LogP contribution >= 0.6 is 0 Å². The molecule has 1 aromatic heterocycles. The van der Waals surface area contributed by atoms with Gasteiger partial charge in [-0.3, -0.25) is 0 Å². The summed E-state index contributed by atoms with van der Waals surface area (Å²) in [4.78, 5) is 6.92. The molecule has 20 heavy (non-hydrogen) atoms. The van der Waals surface area contributed by atoms with Crippen LogP contribution in [0.1, 0.15) is 32.3 Å². The van der Waals surface area contributed by atoms with E-state index in [0.717, 1.165) is 38.4 Å². The maximum Gasteiger partial charge on any atom is 0.128 e. The molecule has 0 saturated carbocycles. The molecule has 0 spiro atoms. The number of nitrogens with one attached hydrogen (secondary N) is 1. The van der Waals surface area contributed by atoms with E-state index in [9.17, 15) is 0 Å². The van der Waals surface area contributed by atoms with Crippen LogP contribution in [0.25, 0.3) is 0 Å². The number of ether oxygens (including phenoxy) is 1. The highest BCUT2D eigenvalue weighted by molar-refractivity contribution is 5.40. The summed E-state index contributed by atoms with van der Waals surface area (Å²) in [7, 11) is 1.80. The molecule has 1 unspecified atom stereocenters. The summed E-state index contributed by atoms with van der Waals surface area (Å²) in [6.45, 7) is 8.41. The fourth-order valence-corrected chi connectivity index (χ4v) is 2.55. The topological polar surface area (TPSA) is 37.4 Å². The lowest BCUT2D eigenvalue weighted by Gasteiger charge is -2.32. The second kappa shape index (κ2) is 7.60. The van der Waals surface area contributed by atoms with E-state index in [0.29, 0.717) is 12.0 Å². The number of pyridine rings is 1. The van der Waals surface area contributed by atoms with Crippen LogP contribution < -0.4 is 10.2 Å². The van der Waals surface area contributed by atoms with Crippen LogP contribution in [0.5, 0.6) is 0 Å². The number of aromatic nitrogens is 1. The summed E-state index contributed by atoms with van der Waals surface area (Å²) >= 11 is 0. The Kier molecular flexibility index (Phi) is 5.80. The molecule has 1 aliphatic heterocycles. The van der Waals surface area contributed by atoms with E-state index in [1.807, 2.05) is 6.20 Å². The number of hydrogen-bond acceptors (Lipinski definition) is 4. The molecule has 1 N–H and O–H groups in total. The highest BCUT2D eigenvalue weighted by Crippen LogP contribution is 2.19. The van der Waals surface area contributed by atoms with Crippen molar-refractivity contribution in [3.63, 3.8) is 0 Å². The Balaban J connectivity index is 1.87. The summed E-state index contributed by atoms with van der Waals surface area (Å²) in [6.07, 6.45) is 4.67. The van der Waals surface area contributed by atoms with Crippen molar-refractivity contribution in [3.8, 4) is 0 Å². The van der Waals surface area contributed by atoms with Crippen molar-refractivity contribution in [1.82, 2.24) is 10.3 Å². The Bertz CT molecular complexity index is 391. The van der Waals surface area contributed by atoms with Gasteiger partial charge in [0.05, 0.1) is 6.10 Å². The zero-order valence-electron chi connectivity index (χ0n) is 12.9. The minimum absolute atomic E-state index is 0.345. The first-order valence-electron chi connectivity index (χ1n) is 7.62. The summed E-state index contributed by atoms with van der Waals surface area (Å²) in [5.74, 6) is 1.75. The van der Waals surface area contributed by atoms with Gasteiger partial charge >= 0.3 is 0 Å². The van der Waals surface area contributed by atoms with Crippen LogP contribution in [0, 0.1) is 5.92 Å². The number of anilines is 1. The molecule has 1 fully saturated rings. The second-order valence-corrected chi connectivity index (χ2v) is 6.00. The molecule has 1 aliphatic rings. The molecular formula is C16H27N3O. The molecular weight excluding hydrogens is 250 g/mol. The first kappa shape index (κ1) is 15.3. The Morgan fingerprint density at radius 2 is 2.30 bits per heavy atom. The van der Waals surface area contributed by atoms with Gasteiger partial charge in [-0.1, -0.05) is 19.9 Å². The normalized spacial score (nSPS) is 19.6. The Hall–Kier alpha value is -1.13. The van der Waals surface area contributed by atoms with Crippen molar-refractivity contribution in [2.45, 2.75) is 39.3 Å². The van der Waals surface area contributed by atoms with Crippen LogP contribution in [-0.2, 0) is 11.3 Å². The zero-order chi connectivity index (χ0) is 14.4. The smallest absolute Gasteiger partial charge is 0.128 e. The SMILES string of the molecule is COC1CCCN(c2ccc(CNCC(C)C)cn2)C1. The molecule has 2 heterocycles. The van der Waals surface area contributed by atoms with E-state index in [2.05, 4.69) is 41.2 Å². The second-order valence-electron chi connectivity index (χ2n) is 6.00. The maximum absolute atomic E-state index is 5.46. The number of hydrogen-bond donors (Lipinski definition) is 1. The summed E-state index contributed by atoms with van der Waals surface area (Å²) < 4.78 is 5.46. The summed E-state index contributed by atoms with van der Waals surface area (Å²) in [6, 6.07) is 4.30. The zero-order valence-corrected chi connectivity index (χ0v) is 12.9. The van der Waals surface area contributed by atoms with Crippen LogP contribution in [0.3, 0.4) is 0 Å². The molecule has 1 aromatic rings. The monoisotopic (exact) mass is 277 g/mol. The predicted octanol–water partition coefficient (Wildman–Crippen LogP) is 2.44. The molecule has 0 amide bonds. The van der Waals surface area contributed by atoms with Crippen molar-refractivity contribution >= 4 is 5.82 Å². The minimum atomic E-state index is 0.345. The van der Waals surface area contributed by atoms with Gasteiger partial charge in [-0.15, -0.1) is 0 Å². The molecule has 1 atom stereocenters. The Labute approximate surface area is 122 Å². The van der Waals surface area contributed by atoms with Crippen LogP contribution in [0.15, 0.2) is 18.3 Å². The van der Waals surface area contributed by atoms with Gasteiger partial charge in [-0.05, 0) is 36.9 Å². The maximum atomic E-state index is 5.46. The molecule has 1 saturated heterocycles. The van der Waals surface area contributed by atoms with Crippen LogP contribution in [-0.4, -0.2) is 37.8 Å². The molecule has 0 radical (unpaired) electrons. The van der Waals surface area contributed by atoms with Crippen molar-refractivity contribution in [2.24, 2.45) is 5.92 Å². The fraction of sp³-hybridized carbons (Fsp3) is 0.688. The highest BCUT2D eigenvalue weighted by Gasteiger charge is 2.20. The van der Waals surface area contributed by atoms with Crippen molar-refractivity contribution < 1.29 is 4.74 Å². The lowest BCUT2D eigenvalue weighted by Crippen LogP contribution is -2.39. The highest BCUT2D eigenvalue weighted by atomic mass is 16.5. The van der Waals surface area contributed by atoms with Gasteiger partial charge in [0.2, 0.25) is 0 Å². The van der Waals surface area contributed by atoms with E-state index in [4.69, 9.17) is 4.74 Å². The van der Waals surface area contributed by atoms with Gasteiger partial charge in [0, 0.05) is 32.9 Å². The largest absolute Gasteiger partial charge is 0.380 e. The van der Waals surface area contributed by atoms with Gasteiger partial charge in [0.1, 0.15) is 5.82 Å². The van der Waals surface area contributed by atoms with E-state index in [-0.39, 0.29) is 0 Å². The number of piperidine rings is 1. The average molecular weight is 277 g/mol. The third-order valence-corrected chi connectivity index (χ3v) is 3.73. The van der Waals surface area contributed by atoms with E-state index >= 15 is 0 Å². The fourth-order valence-electron chi connectivity index (χ4n) is 2.55. The third kappa shape index (κ3) is 4.46. The quantitative estimate of drug-likeness (QED) is 0.866. The van der Waals surface area contributed by atoms with Gasteiger partial charge < -0.3 is 15.0 Å². The van der Waals surface area contributed by atoms with Crippen molar-refractivity contribution in [1.29, 1.82) is 0 Å². The van der Waals surface area contributed by atoms with Crippen molar-refractivity contribution in [2.75, 3.05) is 31.6 Å². The molecule has 112 valence electrons. The Morgan fingerprint density at radius 1 is 1.45 bits per heavy atom. The molecule has 4 heteroatoms. The van der Waals surface area contributed by atoms with Crippen molar-refractivity contribution in [3.05, 3.63) is 23.9 Å². The van der Waals surface area contributed by atoms with E-state index in [1.54, 1.807) is 7.11 Å². The number of nitrogens with zero attached hydrogens (tertiary/aromatic N) is 2. The summed E-state index contributed by atoms with van der Waals surface area (Å²) in [5.41, 5.74) is 1.25. The average Bonchev–Trinajstić information content (AvgIpc) is 2.48. The lowest BCUT2D eigenvalue weighted by atomic mass is 10.1. The first-order chi connectivity index (χ1) is 9.69. The van der Waals surface area contributed by atoms with Gasteiger partial charge in [0.15, 0.2) is 0 Å². The standard InChI is InChI=1S/C16H27N3O/c1-13(2)9-17-10-14-6-7-16(18-11-14)19-8-4-5-15(12-19)20-3/h6-7,11,13,15,17H,4-5,8-10,12H2,1-3H3. The van der Waals surface area contributed by atoms with Crippen LogP contribution in [0.4, 0.5) is 5.82 Å². The number of methoxy groups -OCH3 is 1. The van der Waals surface area contributed by atoms with Crippen LogP contribution in [0.2, 0.25) is 0 Å². The predicted molar refractivity (Wildman–Crippen MR) is 83.0 cm³/mol. The summed E-state index contributed by atoms with van der Waals surface area (Å²) in [5, 5.41) is 3.44. The molecule has 4 nitrogen and oxygen atoms in total. The van der Waals surface area contributed by atoms with Gasteiger partial charge in [-0.2, -0.15) is 0 Å². The Morgan fingerprint density at radius 3 is 2.95 bits per heavy atom. The first-order valence-corrected chi connectivity index (χ1v) is 7.62. The molecule has 0 aromatic carbocycles. The lowest BCUT2D eigenvalue weighted by molar-refractivity contribution is 0.0891. The molecule has 0 bridgehead atoms. The van der Waals surface area contributed by atoms with E-state index < -0.39 is 0 Å². The number of rotatable bonds is 6. The molecule has 0 aliphatic carbocycles. The van der Waals surface area contributed by atoms with Gasteiger partial charge in [0.25, 0.3) is 0 Å². The molecule has 2 rings (SSSR count). The van der Waals surface area contributed by atoms with Gasteiger partial charge in [-0.25, -0.2) is 4.98 Å². The minimum Gasteiger partial charge on any atom is -0.380 e. The van der Waals surface area contributed by atoms with E-state index in [1.165, 1.54) is 12.0 Å².